The van der Waals surface area contributed by atoms with Crippen LogP contribution in [0.15, 0.2) is 36.7 Å². The van der Waals surface area contributed by atoms with E-state index in [1.165, 1.54) is 0 Å². The average molecular weight is 296 g/mol. The van der Waals surface area contributed by atoms with Gasteiger partial charge in [-0.2, -0.15) is 0 Å². The zero-order valence-electron chi connectivity index (χ0n) is 11.3. The highest BCUT2D eigenvalue weighted by atomic mass is 35.5. The van der Waals surface area contributed by atoms with Gasteiger partial charge in [0, 0.05) is 26.0 Å². The summed E-state index contributed by atoms with van der Waals surface area (Å²) in [5.74, 6) is 1.50. The molecule has 108 valence electrons. The van der Waals surface area contributed by atoms with Crippen LogP contribution in [0.2, 0.25) is 5.02 Å². The summed E-state index contributed by atoms with van der Waals surface area (Å²) in [7, 11) is 1.93. The van der Waals surface area contributed by atoms with Gasteiger partial charge < -0.3 is 19.7 Å². The average Bonchev–Trinajstić information content (AvgIpc) is 2.84. The lowest BCUT2D eigenvalue weighted by molar-refractivity contribution is 0.106. The maximum Gasteiger partial charge on any atom is 0.138 e. The van der Waals surface area contributed by atoms with Gasteiger partial charge in [-0.05, 0) is 12.1 Å². The number of rotatable bonds is 7. The molecule has 0 aliphatic carbocycles. The van der Waals surface area contributed by atoms with Crippen molar-refractivity contribution in [1.82, 2.24) is 14.9 Å². The third kappa shape index (κ3) is 4.23. The van der Waals surface area contributed by atoms with E-state index in [0.29, 0.717) is 23.9 Å². The van der Waals surface area contributed by atoms with Crippen molar-refractivity contribution in [1.29, 1.82) is 0 Å². The maximum absolute atomic E-state index is 9.84. The monoisotopic (exact) mass is 295 g/mol. The lowest BCUT2D eigenvalue weighted by Crippen LogP contribution is -2.31. The lowest BCUT2D eigenvalue weighted by Gasteiger charge is -2.14. The molecule has 5 nitrogen and oxygen atoms in total. The zero-order chi connectivity index (χ0) is 14.4. The van der Waals surface area contributed by atoms with Gasteiger partial charge in [-0.1, -0.05) is 23.7 Å². The van der Waals surface area contributed by atoms with Crippen LogP contribution in [0.4, 0.5) is 0 Å². The lowest BCUT2D eigenvalue weighted by atomic mass is 10.3. The van der Waals surface area contributed by atoms with Crippen molar-refractivity contribution in [3.8, 4) is 5.75 Å². The first kappa shape index (κ1) is 14.8. The Bertz CT molecular complexity index is 545. The smallest absolute Gasteiger partial charge is 0.138 e. The second-order valence-electron chi connectivity index (χ2n) is 4.48. The highest BCUT2D eigenvalue weighted by Crippen LogP contribution is 2.22. The van der Waals surface area contributed by atoms with Crippen LogP contribution in [0, 0.1) is 0 Å². The summed E-state index contributed by atoms with van der Waals surface area (Å²) >= 11 is 5.96. The molecule has 0 saturated heterocycles. The second-order valence-corrected chi connectivity index (χ2v) is 4.89. The first-order chi connectivity index (χ1) is 9.66. The molecule has 0 amide bonds. The van der Waals surface area contributed by atoms with Gasteiger partial charge in [0.15, 0.2) is 0 Å². The molecule has 1 aromatic heterocycles. The minimum Gasteiger partial charge on any atom is -0.489 e. The van der Waals surface area contributed by atoms with E-state index < -0.39 is 6.10 Å². The Kier molecular flexibility index (Phi) is 5.40. The Balaban J connectivity index is 1.69. The quantitative estimate of drug-likeness (QED) is 0.815. The fraction of sp³-hybridized carbons (Fsp3) is 0.357. The number of imidazole rings is 1. The normalized spacial score (nSPS) is 12.3. The van der Waals surface area contributed by atoms with Crippen LogP contribution in [0.1, 0.15) is 5.82 Å². The van der Waals surface area contributed by atoms with Gasteiger partial charge in [-0.3, -0.25) is 0 Å². The molecule has 0 saturated carbocycles. The molecule has 0 aliphatic rings. The SMILES string of the molecule is Cn1ccnc1CNCC(O)COc1ccccc1Cl. The van der Waals surface area contributed by atoms with Gasteiger partial charge in [-0.15, -0.1) is 0 Å². The second kappa shape index (κ2) is 7.28. The number of aliphatic hydroxyl groups is 1. The molecule has 0 aliphatic heterocycles. The van der Waals surface area contributed by atoms with Crippen LogP contribution >= 0.6 is 11.6 Å². The van der Waals surface area contributed by atoms with Gasteiger partial charge in [-0.25, -0.2) is 4.98 Å². The topological polar surface area (TPSA) is 59.3 Å². The summed E-state index contributed by atoms with van der Waals surface area (Å²) in [5.41, 5.74) is 0. The van der Waals surface area contributed by atoms with E-state index in [2.05, 4.69) is 10.3 Å². The van der Waals surface area contributed by atoms with Crippen LogP contribution in [0.25, 0.3) is 0 Å². The molecule has 20 heavy (non-hydrogen) atoms. The third-order valence-electron chi connectivity index (χ3n) is 2.85. The van der Waals surface area contributed by atoms with Crippen LogP contribution in [0.3, 0.4) is 0 Å². The number of nitrogens with zero attached hydrogens (tertiary/aromatic N) is 2. The van der Waals surface area contributed by atoms with Crippen molar-refractivity contribution in [2.75, 3.05) is 13.2 Å². The van der Waals surface area contributed by atoms with Gasteiger partial charge in [0.2, 0.25) is 0 Å². The standard InChI is InChI=1S/C14H18ClN3O2/c1-18-7-6-17-14(18)9-16-8-11(19)10-20-13-5-3-2-4-12(13)15/h2-7,11,16,19H,8-10H2,1H3. The van der Waals surface area contributed by atoms with Crippen LogP contribution in [-0.2, 0) is 13.6 Å². The number of benzene rings is 1. The summed E-state index contributed by atoms with van der Waals surface area (Å²) in [5, 5.41) is 13.5. The van der Waals surface area contributed by atoms with Crippen molar-refractivity contribution in [3.05, 3.63) is 47.5 Å². The summed E-state index contributed by atoms with van der Waals surface area (Å²) in [6.07, 6.45) is 3.02. The van der Waals surface area contributed by atoms with Crippen LogP contribution in [0.5, 0.6) is 5.75 Å². The maximum atomic E-state index is 9.84. The number of hydrogen-bond acceptors (Lipinski definition) is 4. The number of aliphatic hydroxyl groups excluding tert-OH is 1. The van der Waals surface area contributed by atoms with Crippen molar-refractivity contribution in [2.45, 2.75) is 12.6 Å². The molecule has 2 aromatic rings. The first-order valence-corrected chi connectivity index (χ1v) is 6.77. The molecule has 1 aromatic carbocycles. The van der Waals surface area contributed by atoms with Gasteiger partial charge in [0.25, 0.3) is 0 Å². The van der Waals surface area contributed by atoms with E-state index in [1.54, 1.807) is 18.3 Å². The number of halogens is 1. The Labute approximate surface area is 123 Å². The largest absolute Gasteiger partial charge is 0.489 e. The molecule has 0 fully saturated rings. The van der Waals surface area contributed by atoms with E-state index in [9.17, 15) is 5.11 Å². The molecule has 2 N–H and O–H groups in total. The van der Waals surface area contributed by atoms with Crippen molar-refractivity contribution in [2.24, 2.45) is 7.05 Å². The molecule has 1 unspecified atom stereocenters. The van der Waals surface area contributed by atoms with E-state index >= 15 is 0 Å². The number of aryl methyl sites for hydroxylation is 1. The van der Waals surface area contributed by atoms with Gasteiger partial charge in [0.05, 0.1) is 11.6 Å². The first-order valence-electron chi connectivity index (χ1n) is 6.39. The Morgan fingerprint density at radius 1 is 1.45 bits per heavy atom. The molecule has 1 atom stereocenters. The van der Waals surface area contributed by atoms with E-state index in [4.69, 9.17) is 16.3 Å². The summed E-state index contributed by atoms with van der Waals surface area (Å²) in [4.78, 5) is 4.19. The number of para-hydroxylation sites is 1. The predicted molar refractivity (Wildman–Crippen MR) is 77.9 cm³/mol. The molecular weight excluding hydrogens is 278 g/mol. The summed E-state index contributed by atoms with van der Waals surface area (Å²) in [6.45, 7) is 1.22. The fourth-order valence-electron chi connectivity index (χ4n) is 1.72. The molecule has 0 radical (unpaired) electrons. The van der Waals surface area contributed by atoms with Crippen LogP contribution < -0.4 is 10.1 Å². The van der Waals surface area contributed by atoms with Crippen molar-refractivity contribution in [3.63, 3.8) is 0 Å². The summed E-state index contributed by atoms with van der Waals surface area (Å²) in [6, 6.07) is 7.20. The molecule has 0 bridgehead atoms. The highest BCUT2D eigenvalue weighted by molar-refractivity contribution is 6.32. The minimum absolute atomic E-state index is 0.192. The highest BCUT2D eigenvalue weighted by Gasteiger charge is 2.07. The number of hydrogen-bond donors (Lipinski definition) is 2. The molecule has 0 spiro atoms. The fourth-order valence-corrected chi connectivity index (χ4v) is 1.91. The van der Waals surface area contributed by atoms with E-state index in [1.807, 2.05) is 29.9 Å². The number of aromatic nitrogens is 2. The van der Waals surface area contributed by atoms with Crippen molar-refractivity contribution < 1.29 is 9.84 Å². The summed E-state index contributed by atoms with van der Waals surface area (Å²) < 4.78 is 7.40. The van der Waals surface area contributed by atoms with E-state index in [-0.39, 0.29) is 6.61 Å². The molecular formula is C14H18ClN3O2. The van der Waals surface area contributed by atoms with Crippen molar-refractivity contribution >= 4 is 11.6 Å². The van der Waals surface area contributed by atoms with E-state index in [0.717, 1.165) is 5.82 Å². The third-order valence-corrected chi connectivity index (χ3v) is 3.16. The Morgan fingerprint density at radius 3 is 2.95 bits per heavy atom. The molecule has 1 heterocycles. The Hall–Kier alpha value is -1.56. The van der Waals surface area contributed by atoms with Crippen LogP contribution in [-0.4, -0.2) is 33.9 Å². The van der Waals surface area contributed by atoms with Gasteiger partial charge in [0.1, 0.15) is 24.3 Å². The number of ether oxygens (including phenoxy) is 1. The zero-order valence-corrected chi connectivity index (χ0v) is 12.0. The predicted octanol–water partition coefficient (Wildman–Crippen LogP) is 1.60. The molecule has 6 heteroatoms. The van der Waals surface area contributed by atoms with Gasteiger partial charge >= 0.3 is 0 Å². The number of nitrogens with one attached hydrogen (secondary N) is 1. The Morgan fingerprint density at radius 2 is 2.25 bits per heavy atom. The molecule has 2 rings (SSSR count). The minimum atomic E-state index is -0.605.